The Kier molecular flexibility index (Phi) is 7.57. The van der Waals surface area contributed by atoms with Crippen molar-refractivity contribution in [2.75, 3.05) is 14.2 Å². The summed E-state index contributed by atoms with van der Waals surface area (Å²) >= 11 is 0. The minimum atomic E-state index is -1.35. The first-order chi connectivity index (χ1) is 17.0. The number of aryl methyl sites for hydroxylation is 1. The van der Waals surface area contributed by atoms with Gasteiger partial charge in [-0.05, 0) is 55.0 Å². The molecule has 0 aliphatic heterocycles. The van der Waals surface area contributed by atoms with Gasteiger partial charge in [-0.2, -0.15) is 0 Å². The van der Waals surface area contributed by atoms with Gasteiger partial charge in [0, 0.05) is 41.0 Å². The lowest BCUT2D eigenvalue weighted by molar-refractivity contribution is 0.0951. The number of methoxy groups -OCH3 is 2. The van der Waals surface area contributed by atoms with E-state index in [1.807, 2.05) is 12.1 Å². The first kappa shape index (κ1) is 24.2. The molecular weight excluding hydrogens is 466 g/mol. The molecule has 1 unspecified atom stereocenters. The van der Waals surface area contributed by atoms with Crippen molar-refractivity contribution >= 4 is 16.7 Å². The summed E-state index contributed by atoms with van der Waals surface area (Å²) in [5, 5.41) is 2.87. The number of ether oxygens (including phenoxy) is 2. The summed E-state index contributed by atoms with van der Waals surface area (Å²) in [4.78, 5) is 21.6. The Hall–Kier alpha value is -3.98. The minimum absolute atomic E-state index is 0.185. The normalized spacial score (nSPS) is 11.6. The minimum Gasteiger partial charge on any atom is -0.493 e. The fraction of sp³-hybridized carbons (Fsp3) is 0.192. The third-order valence-corrected chi connectivity index (χ3v) is 6.66. The molecule has 1 N–H and O–H groups in total. The SMILES string of the molecule is COc1ccc(S(=O)Cc2nc(-c3ccc(C(=O)NCc4cccnc4)cc3)oc2C)cc1OC. The van der Waals surface area contributed by atoms with Gasteiger partial charge in [0.25, 0.3) is 5.91 Å². The summed E-state index contributed by atoms with van der Waals surface area (Å²) < 4.78 is 29.3. The molecule has 0 fully saturated rings. The van der Waals surface area contributed by atoms with E-state index in [2.05, 4.69) is 15.3 Å². The van der Waals surface area contributed by atoms with E-state index in [4.69, 9.17) is 13.9 Å². The molecule has 1 amide bonds. The van der Waals surface area contributed by atoms with Gasteiger partial charge in [-0.3, -0.25) is 14.0 Å². The maximum Gasteiger partial charge on any atom is 0.251 e. The number of carbonyl (C=O) groups excluding carboxylic acids is 1. The van der Waals surface area contributed by atoms with E-state index in [-0.39, 0.29) is 11.7 Å². The Morgan fingerprint density at radius 1 is 1.06 bits per heavy atom. The van der Waals surface area contributed by atoms with Crippen molar-refractivity contribution in [3.05, 3.63) is 89.6 Å². The molecule has 0 radical (unpaired) electrons. The van der Waals surface area contributed by atoms with E-state index in [0.29, 0.717) is 45.8 Å². The van der Waals surface area contributed by atoms with E-state index in [9.17, 15) is 9.00 Å². The summed E-state index contributed by atoms with van der Waals surface area (Å²) in [6.07, 6.45) is 3.40. The molecule has 4 aromatic rings. The first-order valence-electron chi connectivity index (χ1n) is 10.8. The number of hydrogen-bond donors (Lipinski definition) is 1. The van der Waals surface area contributed by atoms with Crippen LogP contribution in [0.5, 0.6) is 11.5 Å². The maximum atomic E-state index is 12.9. The fourth-order valence-electron chi connectivity index (χ4n) is 3.40. The third-order valence-electron chi connectivity index (χ3n) is 5.35. The van der Waals surface area contributed by atoms with Crippen LogP contribution in [0.15, 0.2) is 76.3 Å². The van der Waals surface area contributed by atoms with Crippen molar-refractivity contribution in [1.29, 1.82) is 0 Å². The average Bonchev–Trinajstić information content (AvgIpc) is 3.27. The molecular formula is C26H25N3O5S. The van der Waals surface area contributed by atoms with Gasteiger partial charge < -0.3 is 19.2 Å². The molecule has 0 aliphatic rings. The van der Waals surface area contributed by atoms with Crippen LogP contribution >= 0.6 is 0 Å². The van der Waals surface area contributed by atoms with E-state index in [1.54, 1.807) is 68.9 Å². The Labute approximate surface area is 205 Å². The molecule has 0 saturated heterocycles. The molecule has 2 aromatic carbocycles. The van der Waals surface area contributed by atoms with Gasteiger partial charge >= 0.3 is 0 Å². The summed E-state index contributed by atoms with van der Waals surface area (Å²) in [6, 6.07) is 15.9. The molecule has 8 nitrogen and oxygen atoms in total. The van der Waals surface area contributed by atoms with E-state index in [0.717, 1.165) is 11.1 Å². The average molecular weight is 492 g/mol. The fourth-order valence-corrected chi connectivity index (χ4v) is 4.54. The van der Waals surface area contributed by atoms with Crippen molar-refractivity contribution in [2.45, 2.75) is 24.1 Å². The van der Waals surface area contributed by atoms with Crippen molar-refractivity contribution in [3.63, 3.8) is 0 Å². The zero-order valence-corrected chi connectivity index (χ0v) is 20.4. The Morgan fingerprint density at radius 3 is 2.51 bits per heavy atom. The molecule has 0 saturated carbocycles. The van der Waals surface area contributed by atoms with E-state index in [1.165, 1.54) is 7.11 Å². The number of benzene rings is 2. The second kappa shape index (κ2) is 11.0. The smallest absolute Gasteiger partial charge is 0.251 e. The molecule has 35 heavy (non-hydrogen) atoms. The summed E-state index contributed by atoms with van der Waals surface area (Å²) in [5.41, 5.74) is 2.77. The second-order valence-corrected chi connectivity index (χ2v) is 9.10. The van der Waals surface area contributed by atoms with Crippen LogP contribution in [0.4, 0.5) is 0 Å². The van der Waals surface area contributed by atoms with Crippen LogP contribution in [0.25, 0.3) is 11.5 Å². The molecule has 2 aromatic heterocycles. The number of rotatable bonds is 9. The highest BCUT2D eigenvalue weighted by Gasteiger charge is 2.17. The van der Waals surface area contributed by atoms with Gasteiger partial charge in [0.05, 0.1) is 36.5 Å². The van der Waals surface area contributed by atoms with Gasteiger partial charge in [0.1, 0.15) is 5.76 Å². The highest BCUT2D eigenvalue weighted by Crippen LogP contribution is 2.30. The van der Waals surface area contributed by atoms with Crippen LogP contribution in [0, 0.1) is 6.92 Å². The number of amides is 1. The van der Waals surface area contributed by atoms with Crippen molar-refractivity contribution in [1.82, 2.24) is 15.3 Å². The Morgan fingerprint density at radius 2 is 1.83 bits per heavy atom. The van der Waals surface area contributed by atoms with Crippen molar-refractivity contribution in [3.8, 4) is 23.0 Å². The Bertz CT molecular complexity index is 1340. The van der Waals surface area contributed by atoms with Gasteiger partial charge in [-0.25, -0.2) is 4.98 Å². The molecule has 9 heteroatoms. The van der Waals surface area contributed by atoms with Crippen LogP contribution in [0.1, 0.15) is 27.4 Å². The Balaban J connectivity index is 1.43. The number of carbonyl (C=O) groups is 1. The second-order valence-electron chi connectivity index (χ2n) is 7.65. The van der Waals surface area contributed by atoms with E-state index < -0.39 is 10.8 Å². The number of aromatic nitrogens is 2. The first-order valence-corrected chi connectivity index (χ1v) is 12.1. The zero-order valence-electron chi connectivity index (χ0n) is 19.6. The molecule has 180 valence electrons. The molecule has 4 rings (SSSR count). The zero-order chi connectivity index (χ0) is 24.8. The molecule has 2 heterocycles. The van der Waals surface area contributed by atoms with Crippen LogP contribution in [-0.2, 0) is 23.1 Å². The standard InChI is InChI=1S/C26H25N3O5S/c1-17-22(16-35(31)21-10-11-23(32-2)24(13-21)33-3)29-26(34-17)20-8-6-19(7-9-20)25(30)28-15-18-5-4-12-27-14-18/h4-14H,15-16H2,1-3H3,(H,28,30). The third kappa shape index (κ3) is 5.75. The quantitative estimate of drug-likeness (QED) is 0.372. The summed E-state index contributed by atoms with van der Waals surface area (Å²) in [5.74, 6) is 2.09. The lowest BCUT2D eigenvalue weighted by Gasteiger charge is -2.09. The van der Waals surface area contributed by atoms with Gasteiger partial charge in [-0.1, -0.05) is 6.07 Å². The predicted octanol–water partition coefficient (Wildman–Crippen LogP) is 4.30. The topological polar surface area (TPSA) is 104 Å². The van der Waals surface area contributed by atoms with Gasteiger partial charge in [0.15, 0.2) is 11.5 Å². The molecule has 0 bridgehead atoms. The summed E-state index contributed by atoms with van der Waals surface area (Å²) in [6.45, 7) is 2.19. The number of hydrogen-bond acceptors (Lipinski definition) is 7. The van der Waals surface area contributed by atoms with Crippen molar-refractivity contribution < 1.29 is 22.9 Å². The predicted molar refractivity (Wildman–Crippen MR) is 132 cm³/mol. The van der Waals surface area contributed by atoms with Crippen molar-refractivity contribution in [2.24, 2.45) is 0 Å². The van der Waals surface area contributed by atoms with Crippen LogP contribution in [-0.4, -0.2) is 34.3 Å². The maximum absolute atomic E-state index is 12.9. The molecule has 0 aliphatic carbocycles. The number of nitrogens with one attached hydrogen (secondary N) is 1. The number of oxazole rings is 1. The number of pyridine rings is 1. The van der Waals surface area contributed by atoms with Crippen LogP contribution in [0.2, 0.25) is 0 Å². The largest absolute Gasteiger partial charge is 0.493 e. The van der Waals surface area contributed by atoms with Gasteiger partial charge in [-0.15, -0.1) is 0 Å². The lowest BCUT2D eigenvalue weighted by atomic mass is 10.1. The highest BCUT2D eigenvalue weighted by atomic mass is 32.2. The monoisotopic (exact) mass is 491 g/mol. The van der Waals surface area contributed by atoms with Crippen LogP contribution in [0.3, 0.4) is 0 Å². The molecule has 0 spiro atoms. The summed E-state index contributed by atoms with van der Waals surface area (Å²) in [7, 11) is 1.73. The van der Waals surface area contributed by atoms with Gasteiger partial charge in [0.2, 0.25) is 5.89 Å². The van der Waals surface area contributed by atoms with E-state index >= 15 is 0 Å². The number of nitrogens with zero attached hydrogens (tertiary/aromatic N) is 2. The lowest BCUT2D eigenvalue weighted by Crippen LogP contribution is -2.22. The molecule has 1 atom stereocenters. The van der Waals surface area contributed by atoms with Crippen LogP contribution < -0.4 is 14.8 Å². The highest BCUT2D eigenvalue weighted by molar-refractivity contribution is 7.84.